The van der Waals surface area contributed by atoms with Crippen molar-refractivity contribution in [3.05, 3.63) is 48.4 Å². The zero-order valence-corrected chi connectivity index (χ0v) is 16.1. The maximum Gasteiger partial charge on any atom is 0.322 e. The second-order valence-corrected chi connectivity index (χ2v) is 8.26. The summed E-state index contributed by atoms with van der Waals surface area (Å²) in [6.45, 7) is 2.42. The third-order valence-electron chi connectivity index (χ3n) is 6.29. The molecule has 5 rings (SSSR count). The molecule has 0 radical (unpaired) electrons. The Hall–Kier alpha value is -2.67. The Morgan fingerprint density at radius 1 is 1.17 bits per heavy atom. The van der Waals surface area contributed by atoms with Gasteiger partial charge in [-0.3, -0.25) is 0 Å². The van der Waals surface area contributed by atoms with Crippen LogP contribution in [-0.4, -0.2) is 41.7 Å². The van der Waals surface area contributed by atoms with Gasteiger partial charge in [0.25, 0.3) is 0 Å². The largest absolute Gasteiger partial charge is 0.439 e. The fourth-order valence-electron chi connectivity index (χ4n) is 4.68. The summed E-state index contributed by atoms with van der Waals surface area (Å²) in [6.07, 6.45) is 6.11. The topological polar surface area (TPSA) is 63.7 Å². The molecule has 1 atom stereocenters. The second-order valence-electron chi connectivity index (χ2n) is 8.26. The zero-order chi connectivity index (χ0) is 19.8. The highest BCUT2D eigenvalue weighted by atomic mass is 19.1. The molecule has 152 valence electrons. The lowest BCUT2D eigenvalue weighted by atomic mass is 9.64. The molecule has 29 heavy (non-hydrogen) atoms. The van der Waals surface area contributed by atoms with Gasteiger partial charge in [-0.15, -0.1) is 0 Å². The van der Waals surface area contributed by atoms with E-state index in [1.54, 1.807) is 30.5 Å². The number of likely N-dealkylation sites (tertiary alicyclic amines) is 1. The monoisotopic (exact) mass is 397 g/mol. The fraction of sp³-hybridized carbons (Fsp3) is 0.455. The first-order valence-corrected chi connectivity index (χ1v) is 10.2. The standard InChI is InChI=1S/C22H24FN3O3/c23-16-3-6-18(7-4-16)29-19-8-5-17(13-24-19)25-21(27)26-14-22(9-11-28-12-10-22)20(26)15-1-2-15/h3-8,13,15,20H,1-2,9-12,14H2,(H,25,27). The van der Waals surface area contributed by atoms with Crippen LogP contribution in [0.25, 0.3) is 0 Å². The van der Waals surface area contributed by atoms with Crippen LogP contribution < -0.4 is 10.1 Å². The van der Waals surface area contributed by atoms with Crippen LogP contribution >= 0.6 is 0 Å². The molecule has 1 aliphatic carbocycles. The van der Waals surface area contributed by atoms with Crippen molar-refractivity contribution in [1.29, 1.82) is 0 Å². The number of nitrogens with one attached hydrogen (secondary N) is 1. The molecule has 3 heterocycles. The Morgan fingerprint density at radius 2 is 1.93 bits per heavy atom. The van der Waals surface area contributed by atoms with Crippen molar-refractivity contribution < 1.29 is 18.7 Å². The first kappa shape index (κ1) is 18.4. The van der Waals surface area contributed by atoms with Gasteiger partial charge in [0.1, 0.15) is 11.6 Å². The summed E-state index contributed by atoms with van der Waals surface area (Å²) in [5.74, 6) is 1.21. The molecule has 2 saturated heterocycles. The summed E-state index contributed by atoms with van der Waals surface area (Å²) in [5, 5.41) is 2.97. The van der Waals surface area contributed by atoms with Crippen molar-refractivity contribution in [3.8, 4) is 11.6 Å². The highest BCUT2D eigenvalue weighted by molar-refractivity contribution is 5.90. The van der Waals surface area contributed by atoms with E-state index in [2.05, 4.69) is 10.3 Å². The number of urea groups is 1. The number of halogens is 1. The number of rotatable bonds is 4. The number of anilines is 1. The smallest absolute Gasteiger partial charge is 0.322 e. The number of benzene rings is 1. The van der Waals surface area contributed by atoms with Crippen molar-refractivity contribution >= 4 is 11.7 Å². The summed E-state index contributed by atoms with van der Waals surface area (Å²) < 4.78 is 24.1. The molecular weight excluding hydrogens is 373 g/mol. The number of aromatic nitrogens is 1. The van der Waals surface area contributed by atoms with Crippen molar-refractivity contribution in [2.75, 3.05) is 25.1 Å². The minimum absolute atomic E-state index is 0.0620. The van der Waals surface area contributed by atoms with Gasteiger partial charge in [-0.25, -0.2) is 14.2 Å². The van der Waals surface area contributed by atoms with Gasteiger partial charge in [0.2, 0.25) is 5.88 Å². The van der Waals surface area contributed by atoms with Gasteiger partial charge in [-0.2, -0.15) is 0 Å². The SMILES string of the molecule is O=C(Nc1ccc(Oc2ccc(F)cc2)nc1)N1CC2(CCOCC2)C1C1CC1. The molecule has 1 aromatic heterocycles. The molecular formula is C22H24FN3O3. The van der Waals surface area contributed by atoms with Crippen LogP contribution in [0, 0.1) is 17.2 Å². The van der Waals surface area contributed by atoms with Gasteiger partial charge >= 0.3 is 6.03 Å². The van der Waals surface area contributed by atoms with Crippen LogP contribution in [0.15, 0.2) is 42.6 Å². The highest BCUT2D eigenvalue weighted by Crippen LogP contribution is 2.54. The van der Waals surface area contributed by atoms with E-state index in [0.717, 1.165) is 32.6 Å². The van der Waals surface area contributed by atoms with Crippen LogP contribution in [0.3, 0.4) is 0 Å². The molecule has 7 heteroatoms. The van der Waals surface area contributed by atoms with E-state index >= 15 is 0 Å². The molecule has 1 spiro atoms. The van der Waals surface area contributed by atoms with Gasteiger partial charge in [0.15, 0.2) is 0 Å². The molecule has 1 aromatic carbocycles. The normalized spacial score (nSPS) is 22.8. The first-order valence-electron chi connectivity index (χ1n) is 10.2. The lowest BCUT2D eigenvalue weighted by Gasteiger charge is -2.59. The van der Waals surface area contributed by atoms with Crippen LogP contribution in [0.1, 0.15) is 25.7 Å². The van der Waals surface area contributed by atoms with Crippen molar-refractivity contribution in [3.63, 3.8) is 0 Å². The molecule has 1 unspecified atom stereocenters. The minimum Gasteiger partial charge on any atom is -0.439 e. The number of hydrogen-bond donors (Lipinski definition) is 1. The predicted molar refractivity (Wildman–Crippen MR) is 105 cm³/mol. The number of pyridine rings is 1. The van der Waals surface area contributed by atoms with Crippen LogP contribution in [0.2, 0.25) is 0 Å². The van der Waals surface area contributed by atoms with Crippen LogP contribution in [0.4, 0.5) is 14.9 Å². The minimum atomic E-state index is -0.318. The maximum atomic E-state index is 13.0. The average Bonchev–Trinajstić information content (AvgIpc) is 3.54. The Kier molecular flexibility index (Phi) is 4.62. The number of carbonyl (C=O) groups is 1. The third-order valence-corrected chi connectivity index (χ3v) is 6.29. The van der Waals surface area contributed by atoms with Gasteiger partial charge in [0.05, 0.1) is 11.9 Å². The number of amides is 2. The van der Waals surface area contributed by atoms with Gasteiger partial charge in [0, 0.05) is 37.3 Å². The average molecular weight is 397 g/mol. The third kappa shape index (κ3) is 3.67. The second kappa shape index (κ2) is 7.30. The van der Waals surface area contributed by atoms with Gasteiger partial charge in [-0.05, 0) is 61.9 Å². The molecule has 1 saturated carbocycles. The van der Waals surface area contributed by atoms with E-state index in [1.165, 1.54) is 25.0 Å². The maximum absolute atomic E-state index is 13.0. The Morgan fingerprint density at radius 3 is 2.59 bits per heavy atom. The lowest BCUT2D eigenvalue weighted by Crippen LogP contribution is -2.69. The quantitative estimate of drug-likeness (QED) is 0.829. The number of ether oxygens (including phenoxy) is 2. The molecule has 1 N–H and O–H groups in total. The van der Waals surface area contributed by atoms with E-state index in [1.807, 2.05) is 4.90 Å². The van der Waals surface area contributed by atoms with E-state index in [9.17, 15) is 9.18 Å². The first-order chi connectivity index (χ1) is 14.1. The van der Waals surface area contributed by atoms with Crippen LogP contribution in [-0.2, 0) is 4.74 Å². The zero-order valence-electron chi connectivity index (χ0n) is 16.1. The van der Waals surface area contributed by atoms with E-state index in [-0.39, 0.29) is 17.3 Å². The Labute approximate surface area is 169 Å². The number of hydrogen-bond acceptors (Lipinski definition) is 4. The Bertz CT molecular complexity index is 877. The predicted octanol–water partition coefficient (Wildman–Crippen LogP) is 4.44. The van der Waals surface area contributed by atoms with E-state index in [0.29, 0.717) is 29.3 Å². The van der Waals surface area contributed by atoms with E-state index in [4.69, 9.17) is 9.47 Å². The van der Waals surface area contributed by atoms with Crippen molar-refractivity contribution in [2.24, 2.45) is 11.3 Å². The molecule has 2 amide bonds. The summed E-state index contributed by atoms with van der Waals surface area (Å²) in [6, 6.07) is 9.47. The summed E-state index contributed by atoms with van der Waals surface area (Å²) in [7, 11) is 0. The molecule has 3 fully saturated rings. The molecule has 2 aliphatic heterocycles. The van der Waals surface area contributed by atoms with E-state index < -0.39 is 0 Å². The molecule has 0 bridgehead atoms. The Balaban J connectivity index is 1.21. The fourth-order valence-corrected chi connectivity index (χ4v) is 4.68. The van der Waals surface area contributed by atoms with Gasteiger partial charge < -0.3 is 19.7 Å². The van der Waals surface area contributed by atoms with Gasteiger partial charge in [-0.1, -0.05) is 0 Å². The number of nitrogens with zero attached hydrogens (tertiary/aromatic N) is 2. The summed E-state index contributed by atoms with van der Waals surface area (Å²) in [4.78, 5) is 19.1. The molecule has 3 aliphatic rings. The molecule has 2 aromatic rings. The van der Waals surface area contributed by atoms with Crippen molar-refractivity contribution in [1.82, 2.24) is 9.88 Å². The summed E-state index contributed by atoms with van der Waals surface area (Å²) >= 11 is 0. The molecule has 6 nitrogen and oxygen atoms in total. The number of carbonyl (C=O) groups excluding carboxylic acids is 1. The van der Waals surface area contributed by atoms with Crippen LogP contribution in [0.5, 0.6) is 11.6 Å². The van der Waals surface area contributed by atoms with Crippen molar-refractivity contribution in [2.45, 2.75) is 31.7 Å². The lowest BCUT2D eigenvalue weighted by molar-refractivity contribution is -0.115. The highest BCUT2D eigenvalue weighted by Gasteiger charge is 2.59. The summed E-state index contributed by atoms with van der Waals surface area (Å²) in [5.41, 5.74) is 0.880.